The second-order valence-corrected chi connectivity index (χ2v) is 5.74. The molecule has 1 aromatic rings. The van der Waals surface area contributed by atoms with Crippen LogP contribution in [0.25, 0.3) is 0 Å². The summed E-state index contributed by atoms with van der Waals surface area (Å²) in [6, 6.07) is 2.11. The van der Waals surface area contributed by atoms with E-state index < -0.39 is 16.4 Å². The molecule has 8 heteroatoms. The zero-order valence-electron chi connectivity index (χ0n) is 9.61. The van der Waals surface area contributed by atoms with Crippen LogP contribution in [0, 0.1) is 21.8 Å². The lowest BCUT2D eigenvalue weighted by molar-refractivity contribution is -0.387. The Balaban J connectivity index is 2.42. The first-order valence-electron chi connectivity index (χ1n) is 5.43. The van der Waals surface area contributed by atoms with E-state index in [4.69, 9.17) is 0 Å². The highest BCUT2D eigenvalue weighted by Gasteiger charge is 2.32. The molecule has 1 saturated heterocycles. The minimum atomic E-state index is -0.927. The number of alkyl halides is 1. The maximum Gasteiger partial charge on any atom is 0.306 e. The zero-order chi connectivity index (χ0) is 14.2. The topological polar surface area (TPSA) is 63.5 Å². The van der Waals surface area contributed by atoms with Crippen LogP contribution in [-0.4, -0.2) is 22.7 Å². The number of carbonyl (C=O) groups is 1. The van der Waals surface area contributed by atoms with Crippen molar-refractivity contribution in [2.24, 2.45) is 5.92 Å². The molecule has 0 N–H and O–H groups in total. The van der Waals surface area contributed by atoms with Crippen LogP contribution in [0.2, 0.25) is 0 Å². The molecule has 102 valence electrons. The normalized spacial score (nSPS) is 19.0. The molecule has 1 heterocycles. The Labute approximate surface area is 125 Å². The van der Waals surface area contributed by atoms with Gasteiger partial charge in [-0.1, -0.05) is 15.9 Å². The van der Waals surface area contributed by atoms with Gasteiger partial charge in [0, 0.05) is 28.8 Å². The fraction of sp³-hybridized carbons (Fsp3) is 0.364. The Morgan fingerprint density at radius 3 is 2.74 bits per heavy atom. The van der Waals surface area contributed by atoms with Gasteiger partial charge in [0.25, 0.3) is 0 Å². The summed E-state index contributed by atoms with van der Waals surface area (Å²) in [5, 5.41) is 11.4. The number of amides is 1. The minimum absolute atomic E-state index is 0.119. The standard InChI is InChI=1S/C11H9Br2FN2O3/c12-4-6-1-11(17)15(5-6)9-3-10(16(18)19)8(14)2-7(9)13/h2-3,6H,1,4-5H2. The number of halogens is 3. The summed E-state index contributed by atoms with van der Waals surface area (Å²) in [6.45, 7) is 0.464. The van der Waals surface area contributed by atoms with E-state index in [1.165, 1.54) is 4.90 Å². The van der Waals surface area contributed by atoms with E-state index in [0.717, 1.165) is 12.1 Å². The van der Waals surface area contributed by atoms with Crippen molar-refractivity contribution in [3.63, 3.8) is 0 Å². The number of nitro benzene ring substituents is 1. The van der Waals surface area contributed by atoms with Gasteiger partial charge in [-0.3, -0.25) is 14.9 Å². The molecule has 2 rings (SSSR count). The Bertz CT molecular complexity index is 553. The minimum Gasteiger partial charge on any atom is -0.311 e. The third-order valence-corrected chi connectivity index (χ3v) is 4.48. The third-order valence-electron chi connectivity index (χ3n) is 2.93. The molecule has 0 radical (unpaired) electrons. The van der Waals surface area contributed by atoms with Crippen molar-refractivity contribution in [3.05, 3.63) is 32.5 Å². The molecule has 1 aromatic carbocycles. The van der Waals surface area contributed by atoms with Crippen molar-refractivity contribution in [2.75, 3.05) is 16.8 Å². The highest BCUT2D eigenvalue weighted by Crippen LogP contribution is 2.36. The Kier molecular flexibility index (Phi) is 4.19. The van der Waals surface area contributed by atoms with E-state index in [-0.39, 0.29) is 11.8 Å². The van der Waals surface area contributed by atoms with Gasteiger partial charge in [0.2, 0.25) is 11.7 Å². The molecule has 0 bridgehead atoms. The average Bonchev–Trinajstić information content (AvgIpc) is 2.70. The second-order valence-electron chi connectivity index (χ2n) is 4.24. The first kappa shape index (κ1) is 14.4. The number of carbonyl (C=O) groups excluding carboxylic acids is 1. The summed E-state index contributed by atoms with van der Waals surface area (Å²) in [7, 11) is 0. The monoisotopic (exact) mass is 394 g/mol. The molecule has 1 atom stereocenters. The molecule has 0 aromatic heterocycles. The van der Waals surface area contributed by atoms with E-state index in [0.29, 0.717) is 28.5 Å². The molecule has 1 aliphatic rings. The summed E-state index contributed by atoms with van der Waals surface area (Å²) in [5.41, 5.74) is -0.296. The molecule has 19 heavy (non-hydrogen) atoms. The lowest BCUT2D eigenvalue weighted by Gasteiger charge is -2.18. The first-order valence-corrected chi connectivity index (χ1v) is 7.35. The van der Waals surface area contributed by atoms with Crippen molar-refractivity contribution in [2.45, 2.75) is 6.42 Å². The van der Waals surface area contributed by atoms with E-state index in [1.807, 2.05) is 0 Å². The summed E-state index contributed by atoms with van der Waals surface area (Å²) in [5.74, 6) is -0.890. The number of benzene rings is 1. The number of anilines is 1. The van der Waals surface area contributed by atoms with E-state index >= 15 is 0 Å². The van der Waals surface area contributed by atoms with Crippen LogP contribution in [-0.2, 0) is 4.79 Å². The van der Waals surface area contributed by atoms with E-state index in [9.17, 15) is 19.3 Å². The third kappa shape index (κ3) is 2.79. The van der Waals surface area contributed by atoms with Crippen molar-refractivity contribution in [1.82, 2.24) is 0 Å². The van der Waals surface area contributed by atoms with Crippen molar-refractivity contribution >= 4 is 49.1 Å². The van der Waals surface area contributed by atoms with Crippen LogP contribution >= 0.6 is 31.9 Å². The van der Waals surface area contributed by atoms with Crippen molar-refractivity contribution in [1.29, 1.82) is 0 Å². The Morgan fingerprint density at radius 2 is 2.21 bits per heavy atom. The van der Waals surface area contributed by atoms with Gasteiger partial charge in [-0.2, -0.15) is 4.39 Å². The molecule has 1 unspecified atom stereocenters. The molecule has 0 spiro atoms. The summed E-state index contributed by atoms with van der Waals surface area (Å²) in [6.07, 6.45) is 0.378. The predicted octanol–water partition coefficient (Wildman–Crippen LogP) is 3.24. The largest absolute Gasteiger partial charge is 0.311 e. The average molecular weight is 396 g/mol. The van der Waals surface area contributed by atoms with Gasteiger partial charge >= 0.3 is 5.69 Å². The number of nitro groups is 1. The number of rotatable bonds is 3. The fourth-order valence-corrected chi connectivity index (χ4v) is 2.95. The number of hydrogen-bond acceptors (Lipinski definition) is 3. The molecule has 0 aliphatic carbocycles. The molecular weight excluding hydrogens is 387 g/mol. The smallest absolute Gasteiger partial charge is 0.306 e. The van der Waals surface area contributed by atoms with Crippen molar-refractivity contribution in [3.8, 4) is 0 Å². The van der Waals surface area contributed by atoms with Crippen molar-refractivity contribution < 1.29 is 14.1 Å². The van der Waals surface area contributed by atoms with Gasteiger partial charge in [0.05, 0.1) is 10.6 Å². The maximum atomic E-state index is 13.4. The van der Waals surface area contributed by atoms with E-state index in [2.05, 4.69) is 31.9 Å². The zero-order valence-corrected chi connectivity index (χ0v) is 12.8. The maximum absolute atomic E-state index is 13.4. The van der Waals surface area contributed by atoms with Crippen LogP contribution in [0.4, 0.5) is 15.8 Å². The van der Waals surface area contributed by atoms with Crippen LogP contribution in [0.1, 0.15) is 6.42 Å². The van der Waals surface area contributed by atoms with Crippen LogP contribution in [0.3, 0.4) is 0 Å². The van der Waals surface area contributed by atoms with Crippen LogP contribution in [0.5, 0.6) is 0 Å². The fourth-order valence-electron chi connectivity index (χ4n) is 1.99. The quantitative estimate of drug-likeness (QED) is 0.448. The number of hydrogen-bond donors (Lipinski definition) is 0. The highest BCUT2D eigenvalue weighted by atomic mass is 79.9. The van der Waals surface area contributed by atoms with Gasteiger partial charge in [0.15, 0.2) is 0 Å². The van der Waals surface area contributed by atoms with Gasteiger partial charge in [-0.05, 0) is 27.9 Å². The van der Waals surface area contributed by atoms with Gasteiger partial charge in [-0.15, -0.1) is 0 Å². The van der Waals surface area contributed by atoms with E-state index in [1.54, 1.807) is 0 Å². The molecule has 1 aliphatic heterocycles. The van der Waals surface area contributed by atoms with Crippen LogP contribution < -0.4 is 4.90 Å². The lowest BCUT2D eigenvalue weighted by atomic mass is 10.2. The molecular formula is C11H9Br2FN2O3. The van der Waals surface area contributed by atoms with Crippen LogP contribution in [0.15, 0.2) is 16.6 Å². The van der Waals surface area contributed by atoms with Gasteiger partial charge in [-0.25, -0.2) is 0 Å². The highest BCUT2D eigenvalue weighted by molar-refractivity contribution is 9.10. The Hall–Kier alpha value is -1.02. The molecule has 5 nitrogen and oxygen atoms in total. The summed E-state index contributed by atoms with van der Waals surface area (Å²) >= 11 is 6.45. The first-order chi connectivity index (χ1) is 8.93. The Morgan fingerprint density at radius 1 is 1.53 bits per heavy atom. The summed E-state index contributed by atoms with van der Waals surface area (Å²) in [4.78, 5) is 23.3. The van der Waals surface area contributed by atoms with Gasteiger partial charge < -0.3 is 4.90 Å². The van der Waals surface area contributed by atoms with Gasteiger partial charge in [0.1, 0.15) is 0 Å². The summed E-state index contributed by atoms with van der Waals surface area (Å²) < 4.78 is 13.8. The molecule has 0 saturated carbocycles. The molecule has 1 fully saturated rings. The second kappa shape index (κ2) is 5.54. The lowest BCUT2D eigenvalue weighted by Crippen LogP contribution is -2.25. The SMILES string of the molecule is O=C1CC(CBr)CN1c1cc([N+](=O)[O-])c(F)cc1Br. The molecule has 1 amide bonds. The predicted molar refractivity (Wildman–Crippen MR) is 75.0 cm³/mol. The number of nitrogens with zero attached hydrogens (tertiary/aromatic N) is 2.